The topological polar surface area (TPSA) is 46.5 Å². The zero-order valence-corrected chi connectivity index (χ0v) is 17.4. The summed E-state index contributed by atoms with van der Waals surface area (Å²) in [4.78, 5) is 12.5. The molecule has 2 aromatic rings. The molecule has 0 heterocycles. The lowest BCUT2D eigenvalue weighted by Gasteiger charge is -2.50. The molecule has 2 fully saturated rings. The number of esters is 1. The summed E-state index contributed by atoms with van der Waals surface area (Å²) in [6.45, 7) is 4.41. The van der Waals surface area contributed by atoms with E-state index in [-0.39, 0.29) is 17.5 Å². The summed E-state index contributed by atoms with van der Waals surface area (Å²) in [5.74, 6) is 2.29. The first-order valence-electron chi connectivity index (χ1n) is 11.1. The second kappa shape index (κ2) is 6.98. The van der Waals surface area contributed by atoms with E-state index >= 15 is 0 Å². The van der Waals surface area contributed by atoms with Gasteiger partial charge in [0.1, 0.15) is 5.75 Å². The fraction of sp³-hybridized carbons (Fsp3) is 0.500. The molecule has 2 aromatic carbocycles. The summed E-state index contributed by atoms with van der Waals surface area (Å²) in [7, 11) is 0. The van der Waals surface area contributed by atoms with Crippen LogP contribution in [0.4, 0.5) is 0 Å². The number of fused-ring (bicyclic) bond motifs is 5. The number of aliphatic hydroxyl groups excluding tert-OH is 1. The van der Waals surface area contributed by atoms with Crippen molar-refractivity contribution in [3.63, 3.8) is 0 Å². The van der Waals surface area contributed by atoms with Crippen molar-refractivity contribution in [1.29, 1.82) is 0 Å². The van der Waals surface area contributed by atoms with Gasteiger partial charge in [0, 0.05) is 0 Å². The quantitative estimate of drug-likeness (QED) is 0.549. The van der Waals surface area contributed by atoms with Crippen LogP contribution in [0.25, 0.3) is 0 Å². The Hall–Kier alpha value is -2.13. The van der Waals surface area contributed by atoms with Crippen molar-refractivity contribution in [2.24, 2.45) is 17.3 Å². The molecule has 0 saturated heterocycles. The smallest absolute Gasteiger partial charge is 0.343 e. The van der Waals surface area contributed by atoms with Crippen molar-refractivity contribution in [3.05, 3.63) is 64.7 Å². The molecule has 3 aliphatic rings. The molecule has 5 atom stereocenters. The minimum Gasteiger partial charge on any atom is -0.423 e. The number of hydrogen-bond donors (Lipinski definition) is 1. The Kier molecular flexibility index (Phi) is 4.54. The van der Waals surface area contributed by atoms with Gasteiger partial charge in [0.25, 0.3) is 0 Å². The van der Waals surface area contributed by atoms with Gasteiger partial charge in [0.15, 0.2) is 0 Å². The molecule has 152 valence electrons. The Morgan fingerprint density at radius 1 is 1.07 bits per heavy atom. The standard InChI is InChI=1S/C26H30O3/c1-16-18-8-9-21-20(14-15-26(2)22(21)11-13-24(26)27)19(18)10-12-23(16)29-25(28)17-6-4-3-5-7-17/h3-7,10,12,20-22,24,27H,8-9,11,13-15H2,1-2H3/t20-,21-,22+,24+,26+/m1/s1. The van der Waals surface area contributed by atoms with E-state index in [1.807, 2.05) is 24.3 Å². The molecule has 3 aliphatic carbocycles. The monoisotopic (exact) mass is 390 g/mol. The van der Waals surface area contributed by atoms with Crippen molar-refractivity contribution >= 4 is 5.97 Å². The molecule has 0 bridgehead atoms. The summed E-state index contributed by atoms with van der Waals surface area (Å²) in [5.41, 5.74) is 4.65. The average Bonchev–Trinajstić information content (AvgIpc) is 3.05. The largest absolute Gasteiger partial charge is 0.423 e. The van der Waals surface area contributed by atoms with E-state index in [0.717, 1.165) is 31.2 Å². The first-order chi connectivity index (χ1) is 14.0. The van der Waals surface area contributed by atoms with Crippen molar-refractivity contribution in [2.75, 3.05) is 0 Å². The number of carbonyl (C=O) groups excluding carboxylic acids is 1. The molecule has 5 rings (SSSR count). The third-order valence-corrected chi connectivity index (χ3v) is 8.31. The highest BCUT2D eigenvalue weighted by atomic mass is 16.5. The third kappa shape index (κ3) is 2.93. The van der Waals surface area contributed by atoms with Crippen molar-refractivity contribution < 1.29 is 14.6 Å². The zero-order valence-electron chi connectivity index (χ0n) is 17.4. The Balaban J connectivity index is 1.42. The molecule has 0 spiro atoms. The molecular weight excluding hydrogens is 360 g/mol. The van der Waals surface area contributed by atoms with E-state index in [9.17, 15) is 9.90 Å². The van der Waals surface area contributed by atoms with Gasteiger partial charge < -0.3 is 9.84 Å². The highest BCUT2D eigenvalue weighted by Gasteiger charge is 2.54. The Morgan fingerprint density at radius 2 is 1.86 bits per heavy atom. The summed E-state index contributed by atoms with van der Waals surface area (Å²) in [5, 5.41) is 10.6. The van der Waals surface area contributed by atoms with Gasteiger partial charge in [0.2, 0.25) is 0 Å². The fourth-order valence-electron chi connectivity index (χ4n) is 6.64. The van der Waals surface area contributed by atoms with Crippen molar-refractivity contribution in [1.82, 2.24) is 0 Å². The van der Waals surface area contributed by atoms with Crippen LogP contribution in [0, 0.1) is 24.2 Å². The number of aliphatic hydroxyl groups is 1. The minimum atomic E-state index is -0.296. The van der Waals surface area contributed by atoms with Gasteiger partial charge in [-0.05, 0) is 104 Å². The van der Waals surface area contributed by atoms with Crippen LogP contribution in [0.1, 0.15) is 72.0 Å². The summed E-state index contributed by atoms with van der Waals surface area (Å²) in [6.07, 6.45) is 6.50. The Bertz CT molecular complexity index is 934. The molecule has 3 heteroatoms. The van der Waals surface area contributed by atoms with Crippen LogP contribution in [0.3, 0.4) is 0 Å². The average molecular weight is 391 g/mol. The molecule has 0 unspecified atom stereocenters. The zero-order chi connectivity index (χ0) is 20.2. The van der Waals surface area contributed by atoms with Gasteiger partial charge in [-0.1, -0.05) is 31.2 Å². The maximum atomic E-state index is 12.5. The molecule has 1 N–H and O–H groups in total. The first-order valence-corrected chi connectivity index (χ1v) is 11.1. The normalized spacial score (nSPS) is 32.8. The fourth-order valence-corrected chi connectivity index (χ4v) is 6.64. The van der Waals surface area contributed by atoms with Gasteiger partial charge in [-0.25, -0.2) is 4.79 Å². The van der Waals surface area contributed by atoms with Gasteiger partial charge in [-0.15, -0.1) is 0 Å². The van der Waals surface area contributed by atoms with E-state index in [1.165, 1.54) is 24.0 Å². The summed E-state index contributed by atoms with van der Waals surface area (Å²) in [6, 6.07) is 13.4. The van der Waals surface area contributed by atoms with E-state index < -0.39 is 0 Å². The number of carbonyl (C=O) groups is 1. The van der Waals surface area contributed by atoms with Gasteiger partial charge in [0.05, 0.1) is 11.7 Å². The Morgan fingerprint density at radius 3 is 2.66 bits per heavy atom. The van der Waals surface area contributed by atoms with Crippen LogP contribution in [0.5, 0.6) is 5.75 Å². The van der Waals surface area contributed by atoms with Crippen LogP contribution in [-0.4, -0.2) is 17.2 Å². The highest BCUT2D eigenvalue weighted by Crippen LogP contribution is 2.61. The molecule has 0 amide bonds. The number of benzene rings is 2. The van der Waals surface area contributed by atoms with Crippen LogP contribution >= 0.6 is 0 Å². The third-order valence-electron chi connectivity index (χ3n) is 8.31. The molecule has 0 aromatic heterocycles. The van der Waals surface area contributed by atoms with Crippen LogP contribution in [0.15, 0.2) is 42.5 Å². The van der Waals surface area contributed by atoms with Gasteiger partial charge in [-0.3, -0.25) is 0 Å². The summed E-state index contributed by atoms with van der Waals surface area (Å²) < 4.78 is 5.76. The van der Waals surface area contributed by atoms with Gasteiger partial charge in [-0.2, -0.15) is 0 Å². The molecule has 29 heavy (non-hydrogen) atoms. The maximum Gasteiger partial charge on any atom is 0.343 e. The van der Waals surface area contributed by atoms with E-state index in [0.29, 0.717) is 29.1 Å². The second-order valence-electron chi connectivity index (χ2n) is 9.57. The number of rotatable bonds is 2. The highest BCUT2D eigenvalue weighted by molar-refractivity contribution is 5.91. The van der Waals surface area contributed by atoms with Crippen LogP contribution in [0.2, 0.25) is 0 Å². The summed E-state index contributed by atoms with van der Waals surface area (Å²) >= 11 is 0. The molecule has 3 nitrogen and oxygen atoms in total. The van der Waals surface area contributed by atoms with Crippen molar-refractivity contribution in [3.8, 4) is 5.75 Å². The first kappa shape index (κ1) is 18.9. The Labute approximate surface area is 173 Å². The van der Waals surface area contributed by atoms with E-state index in [4.69, 9.17) is 4.74 Å². The molecule has 0 radical (unpaired) electrons. The predicted octanol–water partition coefficient (Wildman–Crippen LogP) is 5.43. The minimum absolute atomic E-state index is 0.110. The second-order valence-corrected chi connectivity index (χ2v) is 9.57. The van der Waals surface area contributed by atoms with Crippen LogP contribution < -0.4 is 4.74 Å². The SMILES string of the molecule is Cc1c(OC(=O)c2ccccc2)ccc2c1CC[C@@H]1[C@@H]2CC[C@]2(C)[C@@H](O)CC[C@@H]12. The lowest BCUT2D eigenvalue weighted by molar-refractivity contribution is -0.0226. The lowest BCUT2D eigenvalue weighted by Crippen LogP contribution is -2.44. The number of hydrogen-bond acceptors (Lipinski definition) is 3. The maximum absolute atomic E-state index is 12.5. The molecule has 0 aliphatic heterocycles. The molecular formula is C26H30O3. The van der Waals surface area contributed by atoms with Gasteiger partial charge >= 0.3 is 5.97 Å². The number of ether oxygens (including phenoxy) is 1. The molecule has 2 saturated carbocycles. The predicted molar refractivity (Wildman–Crippen MR) is 113 cm³/mol. The lowest BCUT2D eigenvalue weighted by atomic mass is 9.55. The van der Waals surface area contributed by atoms with Crippen molar-refractivity contribution in [2.45, 2.75) is 64.4 Å². The van der Waals surface area contributed by atoms with E-state index in [1.54, 1.807) is 12.1 Å². The van der Waals surface area contributed by atoms with E-state index in [2.05, 4.69) is 19.9 Å². The van der Waals surface area contributed by atoms with Crippen LogP contribution in [-0.2, 0) is 6.42 Å².